The standard InChI is InChI=1S/C12H12N8O2/c1-2-3-6-7(18-19-14)9(21)12(22-6)20-5-17-8-10(13)15-4-16-11(8)20/h1,4-7,9,12,21H,3H2,(H2,13,15,16)/t6-,7-,9-,12-/m1/s1. The summed E-state index contributed by atoms with van der Waals surface area (Å²) in [6, 6.07) is -0.789. The second-order valence-corrected chi connectivity index (χ2v) is 4.74. The molecular weight excluding hydrogens is 288 g/mol. The molecule has 1 aliphatic heterocycles. The van der Waals surface area contributed by atoms with Gasteiger partial charge in [0.25, 0.3) is 0 Å². The first-order valence-electron chi connectivity index (χ1n) is 6.41. The van der Waals surface area contributed by atoms with Gasteiger partial charge in [-0.3, -0.25) is 4.57 Å². The van der Waals surface area contributed by atoms with E-state index in [1.165, 1.54) is 17.2 Å². The third kappa shape index (κ3) is 2.10. The molecule has 3 N–H and O–H groups in total. The van der Waals surface area contributed by atoms with Crippen LogP contribution in [0, 0.1) is 12.3 Å². The highest BCUT2D eigenvalue weighted by atomic mass is 16.5. The number of hydrogen-bond donors (Lipinski definition) is 2. The topological polar surface area (TPSA) is 148 Å². The van der Waals surface area contributed by atoms with Crippen molar-refractivity contribution in [3.8, 4) is 12.3 Å². The zero-order chi connectivity index (χ0) is 15.7. The lowest BCUT2D eigenvalue weighted by molar-refractivity contribution is -0.0332. The number of fused-ring (bicyclic) bond motifs is 1. The quantitative estimate of drug-likeness (QED) is 0.362. The van der Waals surface area contributed by atoms with Crippen LogP contribution >= 0.6 is 0 Å². The molecule has 0 radical (unpaired) electrons. The molecule has 2 aromatic heterocycles. The van der Waals surface area contributed by atoms with E-state index >= 15 is 0 Å². The Balaban J connectivity index is 2.02. The van der Waals surface area contributed by atoms with Crippen LogP contribution in [0.2, 0.25) is 0 Å². The molecule has 112 valence electrons. The Morgan fingerprint density at radius 2 is 2.36 bits per heavy atom. The third-order valence-electron chi connectivity index (χ3n) is 3.50. The number of aliphatic hydroxyl groups is 1. The fourth-order valence-corrected chi connectivity index (χ4v) is 2.50. The van der Waals surface area contributed by atoms with Crippen LogP contribution in [0.4, 0.5) is 5.82 Å². The van der Waals surface area contributed by atoms with Gasteiger partial charge in [-0.15, -0.1) is 12.3 Å². The van der Waals surface area contributed by atoms with E-state index < -0.39 is 24.5 Å². The molecule has 10 nitrogen and oxygen atoms in total. The van der Waals surface area contributed by atoms with Crippen molar-refractivity contribution in [1.29, 1.82) is 0 Å². The average Bonchev–Trinajstić information content (AvgIpc) is 3.05. The molecule has 1 saturated heterocycles. The lowest BCUT2D eigenvalue weighted by atomic mass is 10.1. The van der Waals surface area contributed by atoms with Gasteiger partial charge in [-0.05, 0) is 5.53 Å². The molecule has 1 fully saturated rings. The van der Waals surface area contributed by atoms with Crippen LogP contribution < -0.4 is 5.73 Å². The van der Waals surface area contributed by atoms with Crippen LogP contribution in [0.1, 0.15) is 12.6 Å². The molecule has 3 rings (SSSR count). The number of rotatable bonds is 3. The normalized spacial score (nSPS) is 27.5. The second-order valence-electron chi connectivity index (χ2n) is 4.74. The molecule has 0 saturated carbocycles. The second kappa shape index (κ2) is 5.50. The van der Waals surface area contributed by atoms with E-state index in [2.05, 4.69) is 30.9 Å². The summed E-state index contributed by atoms with van der Waals surface area (Å²) in [4.78, 5) is 14.8. The molecule has 0 spiro atoms. The van der Waals surface area contributed by atoms with Gasteiger partial charge in [0.1, 0.15) is 17.9 Å². The number of imidazole rings is 1. The van der Waals surface area contributed by atoms with Crippen LogP contribution in [0.5, 0.6) is 0 Å². The first kappa shape index (κ1) is 14.1. The molecule has 0 amide bonds. The third-order valence-corrected chi connectivity index (χ3v) is 3.50. The number of anilines is 1. The number of nitrogens with two attached hydrogens (primary N) is 1. The summed E-state index contributed by atoms with van der Waals surface area (Å²) in [5.41, 5.74) is 15.2. The van der Waals surface area contributed by atoms with Gasteiger partial charge in [-0.25, -0.2) is 15.0 Å². The zero-order valence-electron chi connectivity index (χ0n) is 11.3. The number of hydrogen-bond acceptors (Lipinski definition) is 7. The van der Waals surface area contributed by atoms with Gasteiger partial charge in [0.2, 0.25) is 0 Å². The number of aromatic nitrogens is 4. The summed E-state index contributed by atoms with van der Waals surface area (Å²) in [5, 5.41) is 14.0. The van der Waals surface area contributed by atoms with Crippen molar-refractivity contribution < 1.29 is 9.84 Å². The van der Waals surface area contributed by atoms with Crippen molar-refractivity contribution in [3.05, 3.63) is 23.1 Å². The monoisotopic (exact) mass is 300 g/mol. The molecule has 22 heavy (non-hydrogen) atoms. The number of ether oxygens (including phenoxy) is 1. The molecule has 0 aromatic carbocycles. The molecule has 2 aromatic rings. The SMILES string of the molecule is C#CC[C@H]1O[C@@H](n2cnc3c(N)ncnc32)[C@H](O)[C@@H]1N=[N+]=[N-]. The maximum Gasteiger partial charge on any atom is 0.167 e. The molecular formula is C12H12N8O2. The van der Waals surface area contributed by atoms with E-state index in [-0.39, 0.29) is 12.2 Å². The number of nitrogens with zero attached hydrogens (tertiary/aromatic N) is 7. The van der Waals surface area contributed by atoms with E-state index in [4.69, 9.17) is 22.4 Å². The highest BCUT2D eigenvalue weighted by molar-refractivity contribution is 5.81. The van der Waals surface area contributed by atoms with E-state index in [1.54, 1.807) is 0 Å². The molecule has 3 heterocycles. The van der Waals surface area contributed by atoms with Gasteiger partial charge in [0.15, 0.2) is 17.7 Å². The summed E-state index contributed by atoms with van der Waals surface area (Å²) in [6.07, 6.45) is 5.73. The number of nitrogen functional groups attached to an aromatic ring is 1. The van der Waals surface area contributed by atoms with Crippen molar-refractivity contribution in [2.75, 3.05) is 5.73 Å². The number of aliphatic hydroxyl groups excluding tert-OH is 1. The smallest absolute Gasteiger partial charge is 0.167 e. The van der Waals surface area contributed by atoms with Crippen molar-refractivity contribution in [2.24, 2.45) is 5.11 Å². The Kier molecular flexibility index (Phi) is 3.52. The minimum atomic E-state index is -1.08. The van der Waals surface area contributed by atoms with Gasteiger partial charge in [0, 0.05) is 11.3 Å². The largest absolute Gasteiger partial charge is 0.388 e. The van der Waals surface area contributed by atoms with E-state index in [9.17, 15) is 5.11 Å². The predicted octanol–water partition coefficient (Wildman–Crippen LogP) is 0.369. The fourth-order valence-electron chi connectivity index (χ4n) is 2.50. The van der Waals surface area contributed by atoms with Crippen molar-refractivity contribution in [2.45, 2.75) is 30.9 Å². The van der Waals surface area contributed by atoms with Gasteiger partial charge < -0.3 is 15.6 Å². The summed E-state index contributed by atoms with van der Waals surface area (Å²) in [7, 11) is 0. The Hall–Kier alpha value is -2.86. The lowest BCUT2D eigenvalue weighted by Gasteiger charge is -2.16. The highest BCUT2D eigenvalue weighted by Gasteiger charge is 2.44. The van der Waals surface area contributed by atoms with E-state index in [0.29, 0.717) is 11.2 Å². The molecule has 4 atom stereocenters. The Morgan fingerprint density at radius 3 is 3.09 bits per heavy atom. The van der Waals surface area contributed by atoms with Gasteiger partial charge in [-0.2, -0.15) is 0 Å². The van der Waals surface area contributed by atoms with Crippen LogP contribution in [-0.2, 0) is 4.74 Å². The molecule has 0 bridgehead atoms. The van der Waals surface area contributed by atoms with Gasteiger partial charge in [-0.1, -0.05) is 5.11 Å². The van der Waals surface area contributed by atoms with Crippen LogP contribution in [0.25, 0.3) is 21.6 Å². The predicted molar refractivity (Wildman–Crippen MR) is 76.0 cm³/mol. The molecule has 0 unspecified atom stereocenters. The van der Waals surface area contributed by atoms with Crippen molar-refractivity contribution in [1.82, 2.24) is 19.5 Å². The van der Waals surface area contributed by atoms with Gasteiger partial charge in [0.05, 0.1) is 18.5 Å². The highest BCUT2D eigenvalue weighted by Crippen LogP contribution is 2.34. The number of terminal acetylenes is 1. The summed E-state index contributed by atoms with van der Waals surface area (Å²) in [5.74, 6) is 2.67. The molecule has 0 aliphatic carbocycles. The van der Waals surface area contributed by atoms with Crippen LogP contribution in [0.15, 0.2) is 17.8 Å². The van der Waals surface area contributed by atoms with Crippen molar-refractivity contribution in [3.63, 3.8) is 0 Å². The Labute approximate surface area is 124 Å². The minimum Gasteiger partial charge on any atom is -0.388 e. The summed E-state index contributed by atoms with van der Waals surface area (Å²) in [6.45, 7) is 0. The summed E-state index contributed by atoms with van der Waals surface area (Å²) >= 11 is 0. The molecule has 10 heteroatoms. The Bertz CT molecular complexity index is 790. The van der Waals surface area contributed by atoms with Gasteiger partial charge >= 0.3 is 0 Å². The average molecular weight is 300 g/mol. The number of azide groups is 1. The fraction of sp³-hybridized carbons (Fsp3) is 0.417. The van der Waals surface area contributed by atoms with Crippen LogP contribution in [-0.4, -0.2) is 42.9 Å². The maximum atomic E-state index is 10.4. The molecule has 1 aliphatic rings. The first-order valence-corrected chi connectivity index (χ1v) is 6.41. The van der Waals surface area contributed by atoms with E-state index in [1.807, 2.05) is 0 Å². The first-order chi connectivity index (χ1) is 10.7. The Morgan fingerprint density at radius 1 is 1.55 bits per heavy atom. The van der Waals surface area contributed by atoms with E-state index in [0.717, 1.165) is 0 Å². The van der Waals surface area contributed by atoms with Crippen LogP contribution in [0.3, 0.4) is 0 Å². The maximum absolute atomic E-state index is 10.4. The minimum absolute atomic E-state index is 0.209. The summed E-state index contributed by atoms with van der Waals surface area (Å²) < 4.78 is 7.26. The zero-order valence-corrected chi connectivity index (χ0v) is 11.3. The lowest BCUT2D eigenvalue weighted by Crippen LogP contribution is -2.29. The van der Waals surface area contributed by atoms with Crippen molar-refractivity contribution >= 4 is 17.0 Å².